The second-order valence-corrected chi connectivity index (χ2v) is 10.1. The largest absolute Gasteiger partial charge is 0.481 e. The van der Waals surface area contributed by atoms with E-state index in [2.05, 4.69) is 17.3 Å². The molecule has 1 unspecified atom stereocenters. The number of thioether (sulfide) groups is 1. The zero-order chi connectivity index (χ0) is 24.4. The molecule has 1 atom stereocenters. The number of carboxylic acid groups (broad SMARTS) is 1. The van der Waals surface area contributed by atoms with E-state index in [1.165, 1.54) is 5.56 Å². The van der Waals surface area contributed by atoms with E-state index < -0.39 is 17.5 Å². The molecule has 0 bridgehead atoms. The van der Waals surface area contributed by atoms with Crippen LogP contribution in [0.1, 0.15) is 41.3 Å². The topological polar surface area (TPSA) is 83.6 Å². The number of aliphatic hydroxyl groups is 1. The Labute approximate surface area is 208 Å². The third-order valence-corrected chi connectivity index (χ3v) is 7.79. The van der Waals surface area contributed by atoms with Crippen molar-refractivity contribution in [3.8, 4) is 22.5 Å². The second-order valence-electron chi connectivity index (χ2n) is 9.07. The van der Waals surface area contributed by atoms with Crippen LogP contribution in [0.5, 0.6) is 0 Å². The molecule has 1 fully saturated rings. The Morgan fingerprint density at radius 2 is 1.57 bits per heavy atom. The Balaban J connectivity index is 1.29. The minimum atomic E-state index is -0.742. The average Bonchev–Trinajstić information content (AvgIpc) is 3.61. The van der Waals surface area contributed by atoms with Crippen LogP contribution in [0.3, 0.4) is 0 Å². The summed E-state index contributed by atoms with van der Waals surface area (Å²) in [5.41, 5.74) is 5.73. The fraction of sp³-hybridized carbons (Fsp3) is 0.241. The van der Waals surface area contributed by atoms with Crippen molar-refractivity contribution in [3.05, 3.63) is 101 Å². The fourth-order valence-corrected chi connectivity index (χ4v) is 5.41. The molecule has 0 radical (unpaired) electrons. The number of aryl methyl sites for hydroxylation is 1. The van der Waals surface area contributed by atoms with Crippen molar-refractivity contribution in [2.45, 2.75) is 37.0 Å². The minimum absolute atomic E-state index is 0.548. The molecule has 6 heteroatoms. The average molecular weight is 486 g/mol. The lowest BCUT2D eigenvalue weighted by Crippen LogP contribution is -2.19. The molecule has 0 spiro atoms. The van der Waals surface area contributed by atoms with Crippen LogP contribution in [0.15, 0.2) is 83.4 Å². The zero-order valence-electron chi connectivity index (χ0n) is 19.5. The quantitative estimate of drug-likeness (QED) is 0.285. The first-order valence-corrected chi connectivity index (χ1v) is 12.8. The summed E-state index contributed by atoms with van der Waals surface area (Å²) in [5.74, 6) is 1.23. The van der Waals surface area contributed by atoms with Crippen LogP contribution in [-0.4, -0.2) is 27.1 Å². The van der Waals surface area contributed by atoms with Gasteiger partial charge in [-0.05, 0) is 42.0 Å². The number of carboxylic acids is 1. The lowest BCUT2D eigenvalue weighted by molar-refractivity contribution is -0.140. The number of hydrogen-bond acceptors (Lipinski definition) is 5. The summed E-state index contributed by atoms with van der Waals surface area (Å²) < 4.78 is 5.62. The predicted octanol–water partition coefficient (Wildman–Crippen LogP) is 6.40. The van der Waals surface area contributed by atoms with Gasteiger partial charge in [-0.1, -0.05) is 84.0 Å². The van der Waals surface area contributed by atoms with Crippen LogP contribution in [0, 0.1) is 6.92 Å². The molecule has 1 aliphatic carbocycles. The van der Waals surface area contributed by atoms with Gasteiger partial charge in [-0.3, -0.25) is 4.79 Å². The summed E-state index contributed by atoms with van der Waals surface area (Å²) in [6.45, 7) is 1.85. The summed E-state index contributed by atoms with van der Waals surface area (Å²) >= 11 is 1.68. The van der Waals surface area contributed by atoms with Gasteiger partial charge < -0.3 is 14.7 Å². The van der Waals surface area contributed by atoms with Gasteiger partial charge in [0.05, 0.1) is 22.8 Å². The molecule has 3 aromatic carbocycles. The SMILES string of the molecule is Cc1noc(-c2ccc(-c3ccc(C4(C(=O)O)CC4)cc3)cc2)c1C(O)CSCc1ccccc1. The van der Waals surface area contributed by atoms with Gasteiger partial charge in [-0.2, -0.15) is 11.8 Å². The van der Waals surface area contributed by atoms with Crippen LogP contribution in [-0.2, 0) is 16.0 Å². The lowest BCUT2D eigenvalue weighted by Gasteiger charge is -2.12. The Kier molecular flexibility index (Phi) is 6.50. The van der Waals surface area contributed by atoms with Crippen molar-refractivity contribution in [1.29, 1.82) is 0 Å². The lowest BCUT2D eigenvalue weighted by atomic mass is 9.93. The molecule has 5 nitrogen and oxygen atoms in total. The van der Waals surface area contributed by atoms with Crippen molar-refractivity contribution < 1.29 is 19.5 Å². The van der Waals surface area contributed by atoms with Gasteiger partial charge in [0.15, 0.2) is 5.76 Å². The Morgan fingerprint density at radius 1 is 0.971 bits per heavy atom. The molecule has 0 saturated heterocycles. The third kappa shape index (κ3) is 4.77. The molecule has 0 aliphatic heterocycles. The van der Waals surface area contributed by atoms with E-state index in [-0.39, 0.29) is 0 Å². The third-order valence-electron chi connectivity index (χ3n) is 6.71. The number of carbonyl (C=O) groups is 1. The van der Waals surface area contributed by atoms with E-state index in [4.69, 9.17) is 4.52 Å². The maximum Gasteiger partial charge on any atom is 0.314 e. The molecule has 178 valence electrons. The van der Waals surface area contributed by atoms with Crippen molar-refractivity contribution in [2.24, 2.45) is 0 Å². The Bertz CT molecular complexity index is 1310. The molecule has 35 heavy (non-hydrogen) atoms. The first-order valence-electron chi connectivity index (χ1n) is 11.7. The van der Waals surface area contributed by atoms with E-state index in [0.29, 0.717) is 30.0 Å². The van der Waals surface area contributed by atoms with Gasteiger partial charge in [-0.15, -0.1) is 0 Å². The highest BCUT2D eigenvalue weighted by Gasteiger charge is 2.51. The van der Waals surface area contributed by atoms with Gasteiger partial charge >= 0.3 is 5.97 Å². The highest BCUT2D eigenvalue weighted by atomic mass is 32.2. The number of aliphatic carboxylic acids is 1. The Hall–Kier alpha value is -3.35. The van der Waals surface area contributed by atoms with Gasteiger partial charge in [0, 0.05) is 17.1 Å². The number of hydrogen-bond donors (Lipinski definition) is 2. The summed E-state index contributed by atoms with van der Waals surface area (Å²) in [5, 5.41) is 24.5. The standard InChI is InChI=1S/C29H27NO4S/c1-19-26(25(31)18-35-17-20-5-3-2-4-6-20)27(34-30-19)23-9-7-21(8-10-23)22-11-13-24(14-12-22)29(15-16-29)28(32)33/h2-14,25,31H,15-18H2,1H3,(H,32,33). The summed E-state index contributed by atoms with van der Waals surface area (Å²) in [7, 11) is 0. The molecule has 5 rings (SSSR count). The smallest absolute Gasteiger partial charge is 0.314 e. The number of nitrogens with zero attached hydrogens (tertiary/aromatic N) is 1. The fourth-order valence-electron chi connectivity index (χ4n) is 4.47. The summed E-state index contributed by atoms with van der Waals surface area (Å²) in [4.78, 5) is 11.6. The van der Waals surface area contributed by atoms with Gasteiger partial charge in [0.25, 0.3) is 0 Å². The van der Waals surface area contributed by atoms with Crippen LogP contribution >= 0.6 is 11.8 Å². The van der Waals surface area contributed by atoms with E-state index in [1.54, 1.807) is 11.8 Å². The van der Waals surface area contributed by atoms with Gasteiger partial charge in [0.2, 0.25) is 0 Å². The highest BCUT2D eigenvalue weighted by molar-refractivity contribution is 7.98. The molecule has 1 saturated carbocycles. The molecule has 2 N–H and O–H groups in total. The predicted molar refractivity (Wildman–Crippen MR) is 138 cm³/mol. The monoisotopic (exact) mass is 485 g/mol. The maximum absolute atomic E-state index is 11.6. The van der Waals surface area contributed by atoms with E-state index >= 15 is 0 Å². The maximum atomic E-state index is 11.6. The van der Waals surface area contributed by atoms with Crippen molar-refractivity contribution in [2.75, 3.05) is 5.75 Å². The number of rotatable bonds is 9. The minimum Gasteiger partial charge on any atom is -0.481 e. The van der Waals surface area contributed by atoms with Crippen LogP contribution in [0.25, 0.3) is 22.5 Å². The Morgan fingerprint density at radius 3 is 2.17 bits per heavy atom. The summed E-state index contributed by atoms with van der Waals surface area (Å²) in [6, 6.07) is 26.0. The molecule has 1 aliphatic rings. The first kappa shape index (κ1) is 23.4. The van der Waals surface area contributed by atoms with Crippen molar-refractivity contribution >= 4 is 17.7 Å². The normalized spacial score (nSPS) is 15.0. The number of aromatic nitrogens is 1. The van der Waals surface area contributed by atoms with E-state index in [9.17, 15) is 15.0 Å². The van der Waals surface area contributed by atoms with E-state index in [0.717, 1.165) is 33.6 Å². The zero-order valence-corrected chi connectivity index (χ0v) is 20.3. The molecule has 4 aromatic rings. The van der Waals surface area contributed by atoms with Crippen LogP contribution in [0.4, 0.5) is 0 Å². The van der Waals surface area contributed by atoms with Gasteiger partial charge in [0.1, 0.15) is 0 Å². The summed E-state index contributed by atoms with van der Waals surface area (Å²) in [6.07, 6.45) is 0.721. The van der Waals surface area contributed by atoms with Crippen LogP contribution in [0.2, 0.25) is 0 Å². The number of benzene rings is 3. The molecular formula is C29H27NO4S. The van der Waals surface area contributed by atoms with Gasteiger partial charge in [-0.25, -0.2) is 0 Å². The van der Waals surface area contributed by atoms with Crippen molar-refractivity contribution in [1.82, 2.24) is 5.16 Å². The molecule has 1 heterocycles. The van der Waals surface area contributed by atoms with Crippen molar-refractivity contribution in [3.63, 3.8) is 0 Å². The molecular weight excluding hydrogens is 458 g/mol. The van der Waals surface area contributed by atoms with E-state index in [1.807, 2.05) is 73.7 Å². The molecule has 0 amide bonds. The molecule has 1 aromatic heterocycles. The number of aliphatic hydroxyl groups excluding tert-OH is 1. The first-order chi connectivity index (χ1) is 17.0. The highest BCUT2D eigenvalue weighted by Crippen LogP contribution is 2.48. The second kappa shape index (κ2) is 9.72. The van der Waals surface area contributed by atoms with Crippen LogP contribution < -0.4 is 0 Å².